The second-order valence-electron chi connectivity index (χ2n) is 9.64. The topological polar surface area (TPSA) is 54.8 Å². The fraction of sp³-hybridized carbons (Fsp3) is 0.286. The van der Waals surface area contributed by atoms with Crippen LogP contribution in [-0.4, -0.2) is 41.6 Å². The Morgan fingerprint density at radius 3 is 2.34 bits per heavy atom. The van der Waals surface area contributed by atoms with Gasteiger partial charge in [0.05, 0.1) is 11.1 Å². The Labute approximate surface area is 201 Å². The van der Waals surface area contributed by atoms with E-state index in [4.69, 9.17) is 4.74 Å². The van der Waals surface area contributed by atoms with Gasteiger partial charge in [0.1, 0.15) is 16.8 Å². The molecule has 0 spiro atoms. The van der Waals surface area contributed by atoms with Crippen LogP contribution in [-0.2, 0) is 0 Å². The molecule has 3 aliphatic heterocycles. The van der Waals surface area contributed by atoms with Crippen LogP contribution in [0.3, 0.4) is 0 Å². The zero-order chi connectivity index (χ0) is 23.7. The van der Waals surface area contributed by atoms with Crippen molar-refractivity contribution in [3.63, 3.8) is 0 Å². The van der Waals surface area contributed by atoms with Crippen molar-refractivity contribution in [2.24, 2.45) is 0 Å². The third-order valence-electron chi connectivity index (χ3n) is 7.52. The summed E-state index contributed by atoms with van der Waals surface area (Å²) in [6, 6.07) is 13.2. The van der Waals surface area contributed by atoms with Gasteiger partial charge in [0.25, 0.3) is 5.91 Å². The molecule has 0 atom stereocenters. The van der Waals surface area contributed by atoms with Crippen LogP contribution in [0.4, 0.5) is 10.1 Å². The maximum absolute atomic E-state index is 15.7. The number of rotatable bonds is 2. The van der Waals surface area contributed by atoms with Crippen LogP contribution in [0.1, 0.15) is 36.0 Å². The van der Waals surface area contributed by atoms with Crippen LogP contribution in [0, 0.1) is 5.82 Å². The number of aromatic nitrogens is 1. The van der Waals surface area contributed by atoms with E-state index in [1.54, 1.807) is 11.1 Å². The molecule has 3 aromatic carbocycles. The van der Waals surface area contributed by atoms with Gasteiger partial charge in [-0.05, 0) is 54.7 Å². The van der Waals surface area contributed by atoms with Gasteiger partial charge in [-0.2, -0.15) is 0 Å². The summed E-state index contributed by atoms with van der Waals surface area (Å²) in [7, 11) is 0. The fourth-order valence-corrected chi connectivity index (χ4v) is 5.77. The van der Waals surface area contributed by atoms with Crippen molar-refractivity contribution in [2.75, 3.05) is 31.1 Å². The zero-order valence-electron chi connectivity index (χ0n) is 19.2. The molecule has 4 aromatic rings. The number of amides is 1. The molecular formula is C28H24FN3O3. The lowest BCUT2D eigenvalue weighted by molar-refractivity contribution is 0.0791. The third-order valence-corrected chi connectivity index (χ3v) is 7.52. The molecule has 0 unspecified atom stereocenters. The van der Waals surface area contributed by atoms with Crippen LogP contribution in [0.25, 0.3) is 27.4 Å². The standard InChI is InChI=1S/C28H24FN3O3/c29-21-15-19-24-27(25(21)30-9-3-4-10-30)35-23-14-18-8-2-1-7-17(18)13-22(23)32(24)16-20(26(19)33)28(34)31-11-5-6-12-31/h1-2,7-8,13-16H,3-6,9-12H2. The minimum Gasteiger partial charge on any atom is -0.451 e. The second kappa shape index (κ2) is 7.57. The number of fused-ring (bicyclic) bond motifs is 3. The number of nitrogens with zero attached hydrogens (tertiary/aromatic N) is 3. The third kappa shape index (κ3) is 3.00. The second-order valence-corrected chi connectivity index (χ2v) is 9.64. The summed E-state index contributed by atoms with van der Waals surface area (Å²) < 4.78 is 23.9. The van der Waals surface area contributed by atoms with Gasteiger partial charge < -0.3 is 19.1 Å². The van der Waals surface area contributed by atoms with Crippen LogP contribution >= 0.6 is 0 Å². The molecule has 4 heterocycles. The first kappa shape index (κ1) is 20.5. The highest BCUT2D eigenvalue weighted by Gasteiger charge is 2.32. The molecule has 0 aliphatic carbocycles. The Morgan fingerprint density at radius 2 is 1.60 bits per heavy atom. The van der Waals surface area contributed by atoms with E-state index >= 15 is 4.39 Å². The summed E-state index contributed by atoms with van der Waals surface area (Å²) in [6.07, 6.45) is 5.45. The van der Waals surface area contributed by atoms with E-state index in [0.717, 1.165) is 55.2 Å². The predicted octanol–water partition coefficient (Wildman–Crippen LogP) is 5.22. The molecule has 2 saturated heterocycles. The maximum atomic E-state index is 15.7. The molecule has 3 aliphatic rings. The van der Waals surface area contributed by atoms with Crippen molar-refractivity contribution in [3.05, 3.63) is 70.3 Å². The van der Waals surface area contributed by atoms with Gasteiger partial charge in [0, 0.05) is 32.4 Å². The summed E-state index contributed by atoms with van der Waals surface area (Å²) >= 11 is 0. The number of benzene rings is 3. The molecule has 176 valence electrons. The lowest BCUT2D eigenvalue weighted by Gasteiger charge is -2.29. The molecule has 0 radical (unpaired) electrons. The molecule has 1 aromatic heterocycles. The number of carbonyl (C=O) groups is 1. The highest BCUT2D eigenvalue weighted by atomic mass is 19.1. The lowest BCUT2D eigenvalue weighted by atomic mass is 10.0. The first-order valence-electron chi connectivity index (χ1n) is 12.3. The summed E-state index contributed by atoms with van der Waals surface area (Å²) in [5.74, 6) is 0.138. The minimum absolute atomic E-state index is 0.0691. The van der Waals surface area contributed by atoms with Gasteiger partial charge in [-0.15, -0.1) is 0 Å². The highest BCUT2D eigenvalue weighted by Crippen LogP contribution is 2.48. The number of anilines is 1. The number of hydrogen-bond acceptors (Lipinski definition) is 4. The van der Waals surface area contributed by atoms with Crippen molar-refractivity contribution in [2.45, 2.75) is 25.7 Å². The quantitative estimate of drug-likeness (QED) is 0.356. The van der Waals surface area contributed by atoms with E-state index in [9.17, 15) is 9.59 Å². The van der Waals surface area contributed by atoms with Crippen molar-refractivity contribution in [1.82, 2.24) is 9.47 Å². The number of hydrogen-bond donors (Lipinski definition) is 0. The van der Waals surface area contributed by atoms with Crippen LogP contribution in [0.15, 0.2) is 53.5 Å². The van der Waals surface area contributed by atoms with Crippen LogP contribution in [0.5, 0.6) is 11.5 Å². The van der Waals surface area contributed by atoms with Gasteiger partial charge in [-0.3, -0.25) is 9.59 Å². The Kier molecular flexibility index (Phi) is 4.43. The molecule has 0 N–H and O–H groups in total. The number of pyridine rings is 1. The molecule has 7 heteroatoms. The van der Waals surface area contributed by atoms with Crippen molar-refractivity contribution in [1.29, 1.82) is 0 Å². The average molecular weight is 470 g/mol. The van der Waals surface area contributed by atoms with E-state index in [-0.39, 0.29) is 16.9 Å². The van der Waals surface area contributed by atoms with Crippen LogP contribution < -0.4 is 15.1 Å². The van der Waals surface area contributed by atoms with E-state index < -0.39 is 11.2 Å². The average Bonchev–Trinajstić information content (AvgIpc) is 3.59. The van der Waals surface area contributed by atoms with Gasteiger partial charge >= 0.3 is 0 Å². The normalized spacial score (nSPS) is 16.7. The molecule has 0 bridgehead atoms. The summed E-state index contributed by atoms with van der Waals surface area (Å²) in [5, 5.41) is 2.18. The smallest absolute Gasteiger partial charge is 0.259 e. The molecule has 0 saturated carbocycles. The maximum Gasteiger partial charge on any atom is 0.259 e. The number of likely N-dealkylation sites (tertiary alicyclic amines) is 1. The molecule has 6 nitrogen and oxygen atoms in total. The molecular weight excluding hydrogens is 445 g/mol. The van der Waals surface area contributed by atoms with E-state index in [1.807, 2.05) is 45.9 Å². The Balaban J connectivity index is 1.56. The van der Waals surface area contributed by atoms with Crippen molar-refractivity contribution < 1.29 is 13.9 Å². The Hall–Kier alpha value is -3.87. The van der Waals surface area contributed by atoms with Gasteiger partial charge in [0.15, 0.2) is 17.3 Å². The summed E-state index contributed by atoms with van der Waals surface area (Å²) in [6.45, 7) is 2.74. The predicted molar refractivity (Wildman–Crippen MR) is 134 cm³/mol. The monoisotopic (exact) mass is 469 g/mol. The largest absolute Gasteiger partial charge is 0.451 e. The SMILES string of the molecule is O=C(c1cn2c3c(c(N4CCCC4)c(F)cc3c1=O)Oc1cc3ccccc3cc1-2)N1CCCC1. The van der Waals surface area contributed by atoms with Crippen molar-refractivity contribution in [3.8, 4) is 17.2 Å². The highest BCUT2D eigenvalue weighted by molar-refractivity contribution is 6.02. The summed E-state index contributed by atoms with van der Waals surface area (Å²) in [5.41, 5.74) is 1.25. The molecule has 7 rings (SSSR count). The van der Waals surface area contributed by atoms with Crippen molar-refractivity contribution >= 4 is 33.3 Å². The zero-order valence-corrected chi connectivity index (χ0v) is 19.2. The molecule has 35 heavy (non-hydrogen) atoms. The number of carbonyl (C=O) groups excluding carboxylic acids is 1. The van der Waals surface area contributed by atoms with E-state index in [1.165, 1.54) is 6.07 Å². The van der Waals surface area contributed by atoms with Crippen LogP contribution in [0.2, 0.25) is 0 Å². The number of ether oxygens (including phenoxy) is 1. The molecule has 2 fully saturated rings. The minimum atomic E-state index is -0.493. The van der Waals surface area contributed by atoms with E-state index in [2.05, 4.69) is 0 Å². The van der Waals surface area contributed by atoms with Gasteiger partial charge in [0.2, 0.25) is 5.43 Å². The first-order valence-corrected chi connectivity index (χ1v) is 12.3. The fourth-order valence-electron chi connectivity index (χ4n) is 5.77. The number of halogens is 1. The Morgan fingerprint density at radius 1 is 0.914 bits per heavy atom. The van der Waals surface area contributed by atoms with E-state index in [0.29, 0.717) is 35.8 Å². The van der Waals surface area contributed by atoms with Gasteiger partial charge in [-0.25, -0.2) is 4.39 Å². The lowest BCUT2D eigenvalue weighted by Crippen LogP contribution is -2.33. The molecule has 1 amide bonds. The first-order chi connectivity index (χ1) is 17.1. The van der Waals surface area contributed by atoms with Gasteiger partial charge in [-0.1, -0.05) is 24.3 Å². The Bertz CT molecular complexity index is 1600. The summed E-state index contributed by atoms with van der Waals surface area (Å²) in [4.78, 5) is 30.6.